The second-order valence-corrected chi connectivity index (χ2v) is 12.7. The van der Waals surface area contributed by atoms with Crippen LogP contribution in [0.25, 0.3) is 11.0 Å². The van der Waals surface area contributed by atoms with Crippen LogP contribution >= 0.6 is 11.6 Å². The van der Waals surface area contributed by atoms with Gasteiger partial charge in [-0.15, -0.1) is 0 Å². The van der Waals surface area contributed by atoms with E-state index >= 15 is 0 Å². The summed E-state index contributed by atoms with van der Waals surface area (Å²) in [6, 6.07) is 20.9. The zero-order valence-corrected chi connectivity index (χ0v) is 25.7. The highest BCUT2D eigenvalue weighted by Gasteiger charge is 2.50. The molecule has 1 aliphatic heterocycles. The first-order valence-electron chi connectivity index (χ1n) is 15.2. The fourth-order valence-corrected chi connectivity index (χ4v) is 7.34. The number of aryl methyl sites for hydroxylation is 2. The molecule has 1 aromatic heterocycles. The molecule has 1 saturated heterocycles. The molecule has 0 radical (unpaired) electrons. The van der Waals surface area contributed by atoms with Crippen molar-refractivity contribution in [3.05, 3.63) is 110 Å². The zero-order chi connectivity index (χ0) is 30.3. The Labute approximate surface area is 257 Å². The van der Waals surface area contributed by atoms with Crippen LogP contribution in [0.2, 0.25) is 5.02 Å². The number of likely N-dealkylation sites (tertiary alicyclic amines) is 1. The maximum atomic E-state index is 14.2. The van der Waals surface area contributed by atoms with E-state index in [0.29, 0.717) is 46.7 Å². The van der Waals surface area contributed by atoms with Crippen LogP contribution in [-0.4, -0.2) is 34.2 Å². The van der Waals surface area contributed by atoms with Gasteiger partial charge in [-0.2, -0.15) is 0 Å². The number of nitrogens with zero attached hydrogens (tertiary/aromatic N) is 1. The molecule has 2 aliphatic rings. The Morgan fingerprint density at radius 2 is 1.84 bits per heavy atom. The third kappa shape index (κ3) is 5.71. The van der Waals surface area contributed by atoms with Gasteiger partial charge in [0.05, 0.1) is 17.0 Å². The molecule has 6 nitrogen and oxygen atoms in total. The minimum absolute atomic E-state index is 0.0656. The Morgan fingerprint density at radius 1 is 1.09 bits per heavy atom. The molecular formula is C36H38ClNO5. The van der Waals surface area contributed by atoms with E-state index in [0.717, 1.165) is 47.9 Å². The summed E-state index contributed by atoms with van der Waals surface area (Å²) in [5.74, 6) is 0.312. The predicted octanol–water partition coefficient (Wildman–Crippen LogP) is 7.32. The van der Waals surface area contributed by atoms with Crippen LogP contribution in [0.15, 0.2) is 75.9 Å². The number of ether oxygens (including phenoxy) is 1. The van der Waals surface area contributed by atoms with Gasteiger partial charge in [0.25, 0.3) is 5.91 Å². The molecule has 0 bridgehead atoms. The standard InChI is InChI=1S/C36H38ClNO5/c1-22-19-30(32-23(2)28(35(40)43-31(32)20-22)21-25-9-5-4-6-10-25)42-24(3)34(39)38-18-17-36(41)16-8-7-11-29(36)33(38)26-12-14-27(37)15-13-26/h4-6,9-10,12-15,19-20,24,29,33,41H,7-8,11,16-18,21H2,1-3H3/t24-,29+,33+,36-/m1/s1. The number of hydrogen-bond donors (Lipinski definition) is 1. The lowest BCUT2D eigenvalue weighted by Gasteiger charge is -2.53. The Bertz CT molecular complexity index is 1700. The van der Waals surface area contributed by atoms with Gasteiger partial charge in [-0.1, -0.05) is 66.9 Å². The van der Waals surface area contributed by atoms with Gasteiger partial charge in [-0.25, -0.2) is 4.79 Å². The van der Waals surface area contributed by atoms with Crippen molar-refractivity contribution in [2.24, 2.45) is 5.92 Å². The topological polar surface area (TPSA) is 80.0 Å². The van der Waals surface area contributed by atoms with E-state index in [1.54, 1.807) is 6.92 Å². The first-order chi connectivity index (χ1) is 20.6. The number of hydrogen-bond acceptors (Lipinski definition) is 5. The Hall–Kier alpha value is -3.61. The number of halogens is 1. The van der Waals surface area contributed by atoms with Gasteiger partial charge in [-0.05, 0) is 86.6 Å². The van der Waals surface area contributed by atoms with Gasteiger partial charge in [0.1, 0.15) is 11.3 Å². The summed E-state index contributed by atoms with van der Waals surface area (Å²) < 4.78 is 12.3. The Balaban J connectivity index is 1.34. The largest absolute Gasteiger partial charge is 0.480 e. The minimum Gasteiger partial charge on any atom is -0.480 e. The Morgan fingerprint density at radius 3 is 2.58 bits per heavy atom. The van der Waals surface area contributed by atoms with Crippen LogP contribution in [0.5, 0.6) is 5.75 Å². The van der Waals surface area contributed by atoms with Gasteiger partial charge >= 0.3 is 5.63 Å². The van der Waals surface area contributed by atoms with Crippen molar-refractivity contribution in [1.82, 2.24) is 4.90 Å². The SMILES string of the molecule is Cc1cc(O[C@H](C)C(=O)N2CC[C@]3(O)CCCC[C@H]3[C@@H]2c2ccc(Cl)cc2)c2c(C)c(Cc3ccccc3)c(=O)oc2c1. The highest BCUT2D eigenvalue weighted by Crippen LogP contribution is 2.49. The molecule has 6 rings (SSSR count). The van der Waals surface area contributed by atoms with Gasteiger partial charge in [0.15, 0.2) is 6.10 Å². The molecule has 1 amide bonds. The minimum atomic E-state index is -0.807. The number of piperidine rings is 1. The van der Waals surface area contributed by atoms with Crippen LogP contribution in [0.1, 0.15) is 72.9 Å². The number of carbonyl (C=O) groups excluding carboxylic acids is 1. The second-order valence-electron chi connectivity index (χ2n) is 12.3. The van der Waals surface area contributed by atoms with E-state index in [1.807, 2.05) is 85.5 Å². The molecule has 4 atom stereocenters. The summed E-state index contributed by atoms with van der Waals surface area (Å²) >= 11 is 6.22. The summed E-state index contributed by atoms with van der Waals surface area (Å²) in [6.45, 7) is 6.04. The molecule has 1 N–H and O–H groups in total. The fourth-order valence-electron chi connectivity index (χ4n) is 7.21. The number of amides is 1. The van der Waals surface area contributed by atoms with Gasteiger partial charge < -0.3 is 19.2 Å². The zero-order valence-electron chi connectivity index (χ0n) is 24.9. The van der Waals surface area contributed by atoms with Crippen LogP contribution in [-0.2, 0) is 11.2 Å². The molecule has 4 aromatic rings. The average molecular weight is 600 g/mol. The summed E-state index contributed by atoms with van der Waals surface area (Å²) in [7, 11) is 0. The third-order valence-corrected chi connectivity index (χ3v) is 9.68. The second kappa shape index (κ2) is 11.8. The third-order valence-electron chi connectivity index (χ3n) is 9.42. The lowest BCUT2D eigenvalue weighted by molar-refractivity contribution is -0.161. The number of rotatable bonds is 6. The van der Waals surface area contributed by atoms with E-state index in [1.165, 1.54) is 0 Å². The van der Waals surface area contributed by atoms with Crippen molar-refractivity contribution < 1.29 is 19.1 Å². The van der Waals surface area contributed by atoms with Gasteiger partial charge in [0.2, 0.25) is 0 Å². The highest BCUT2D eigenvalue weighted by atomic mass is 35.5. The first kappa shape index (κ1) is 29.5. The van der Waals surface area contributed by atoms with E-state index in [2.05, 4.69) is 0 Å². The molecular weight excluding hydrogens is 562 g/mol. The van der Waals surface area contributed by atoms with Crippen molar-refractivity contribution in [3.8, 4) is 5.75 Å². The highest BCUT2D eigenvalue weighted by molar-refractivity contribution is 6.30. The monoisotopic (exact) mass is 599 g/mol. The lowest BCUT2D eigenvalue weighted by Crippen LogP contribution is -2.58. The Kier molecular flexibility index (Phi) is 8.10. The summed E-state index contributed by atoms with van der Waals surface area (Å²) in [5, 5.41) is 13.0. The van der Waals surface area contributed by atoms with E-state index in [-0.39, 0.29) is 23.5 Å². The van der Waals surface area contributed by atoms with E-state index < -0.39 is 11.7 Å². The smallest absolute Gasteiger partial charge is 0.340 e. The fraction of sp³-hybridized carbons (Fsp3) is 0.389. The summed E-state index contributed by atoms with van der Waals surface area (Å²) in [5.41, 5.74) is 3.49. The normalized spacial score (nSPS) is 22.7. The number of fused-ring (bicyclic) bond motifs is 2. The maximum Gasteiger partial charge on any atom is 0.340 e. The molecule has 1 aliphatic carbocycles. The van der Waals surface area contributed by atoms with E-state index in [4.69, 9.17) is 20.8 Å². The molecule has 2 heterocycles. The van der Waals surface area contributed by atoms with Crippen molar-refractivity contribution >= 4 is 28.5 Å². The van der Waals surface area contributed by atoms with Crippen molar-refractivity contribution in [1.29, 1.82) is 0 Å². The molecule has 0 spiro atoms. The van der Waals surface area contributed by atoms with E-state index in [9.17, 15) is 14.7 Å². The van der Waals surface area contributed by atoms with Crippen LogP contribution in [0, 0.1) is 19.8 Å². The van der Waals surface area contributed by atoms with Gasteiger partial charge in [-0.3, -0.25) is 4.79 Å². The molecule has 224 valence electrons. The summed E-state index contributed by atoms with van der Waals surface area (Å²) in [6.07, 6.45) is 3.80. The van der Waals surface area contributed by atoms with Crippen molar-refractivity contribution in [3.63, 3.8) is 0 Å². The van der Waals surface area contributed by atoms with Crippen molar-refractivity contribution in [2.45, 2.75) is 77.0 Å². The van der Waals surface area contributed by atoms with Crippen LogP contribution < -0.4 is 10.4 Å². The van der Waals surface area contributed by atoms with Gasteiger partial charge in [0, 0.05) is 29.5 Å². The molecule has 1 saturated carbocycles. The molecule has 7 heteroatoms. The predicted molar refractivity (Wildman–Crippen MR) is 169 cm³/mol. The molecule has 3 aromatic carbocycles. The van der Waals surface area contributed by atoms with Crippen LogP contribution in [0.3, 0.4) is 0 Å². The summed E-state index contributed by atoms with van der Waals surface area (Å²) in [4.78, 5) is 29.2. The molecule has 43 heavy (non-hydrogen) atoms. The van der Waals surface area contributed by atoms with Crippen molar-refractivity contribution in [2.75, 3.05) is 6.54 Å². The number of benzene rings is 3. The number of carbonyl (C=O) groups is 1. The molecule has 2 fully saturated rings. The molecule has 0 unspecified atom stereocenters. The quantitative estimate of drug-likeness (QED) is 0.235. The average Bonchev–Trinajstić information content (AvgIpc) is 2.98. The lowest BCUT2D eigenvalue weighted by atomic mass is 9.66. The first-order valence-corrected chi connectivity index (χ1v) is 15.6. The van der Waals surface area contributed by atoms with Crippen LogP contribution in [0.4, 0.5) is 0 Å². The number of aliphatic hydroxyl groups is 1. The maximum absolute atomic E-state index is 14.2.